The zero-order valence-corrected chi connectivity index (χ0v) is 14.8. The van der Waals surface area contributed by atoms with Crippen molar-refractivity contribution < 1.29 is 32.6 Å². The minimum Gasteiger partial charge on any atom is -0.479 e. The molecular weight excluding hydrogens is 350 g/mol. The highest BCUT2D eigenvalue weighted by atomic mass is 32.2. The first-order chi connectivity index (χ1) is 11.7. The fourth-order valence-corrected chi connectivity index (χ4v) is 3.84. The smallest absolute Gasteiger partial charge is 0.410 e. The van der Waals surface area contributed by atoms with Crippen molar-refractivity contribution in [1.29, 1.82) is 0 Å². The van der Waals surface area contributed by atoms with E-state index in [9.17, 15) is 23.1 Å². The number of hydrogen-bond donors (Lipinski definition) is 1. The van der Waals surface area contributed by atoms with Crippen molar-refractivity contribution in [1.82, 2.24) is 4.90 Å². The number of methoxy groups -OCH3 is 1. The van der Waals surface area contributed by atoms with Crippen LogP contribution in [0.5, 0.6) is 0 Å². The standard InChI is InChI=1S/C16H21NO7S/c1-23-14(15(18)19)13-8-12(25(2,21)22)9-17(13)16(20)24-10-11-6-4-3-5-7-11/h3-7,12-14H,8-10H2,1-2H3,(H,18,19)/t12-,13+,14?/m1/s1. The summed E-state index contributed by atoms with van der Waals surface area (Å²) in [5, 5.41) is 8.43. The monoisotopic (exact) mass is 371 g/mol. The van der Waals surface area contributed by atoms with Gasteiger partial charge in [-0.1, -0.05) is 30.3 Å². The summed E-state index contributed by atoms with van der Waals surface area (Å²) in [6, 6.07) is 8.08. The molecule has 1 aromatic carbocycles. The first kappa shape index (κ1) is 19.2. The molecule has 1 aliphatic heterocycles. The van der Waals surface area contributed by atoms with Gasteiger partial charge in [0, 0.05) is 19.9 Å². The summed E-state index contributed by atoms with van der Waals surface area (Å²) < 4.78 is 33.9. The number of carbonyl (C=O) groups is 2. The van der Waals surface area contributed by atoms with Crippen molar-refractivity contribution in [3.05, 3.63) is 35.9 Å². The fourth-order valence-electron chi connectivity index (χ4n) is 2.86. The van der Waals surface area contributed by atoms with Crippen molar-refractivity contribution in [2.45, 2.75) is 30.4 Å². The highest BCUT2D eigenvalue weighted by Gasteiger charge is 2.46. The van der Waals surface area contributed by atoms with E-state index in [1.54, 1.807) is 24.3 Å². The summed E-state index contributed by atoms with van der Waals surface area (Å²) in [4.78, 5) is 24.9. The lowest BCUT2D eigenvalue weighted by molar-refractivity contribution is -0.151. The maximum atomic E-state index is 12.4. The van der Waals surface area contributed by atoms with Gasteiger partial charge in [0.15, 0.2) is 15.9 Å². The van der Waals surface area contributed by atoms with Crippen LogP contribution in [0.2, 0.25) is 0 Å². The van der Waals surface area contributed by atoms with Gasteiger partial charge < -0.3 is 19.5 Å². The van der Waals surface area contributed by atoms with Gasteiger partial charge in [-0.2, -0.15) is 0 Å². The molecule has 0 spiro atoms. The predicted molar refractivity (Wildman–Crippen MR) is 88.8 cm³/mol. The van der Waals surface area contributed by atoms with E-state index < -0.39 is 39.3 Å². The van der Waals surface area contributed by atoms with Crippen LogP contribution in [0.4, 0.5) is 4.79 Å². The number of hydrogen-bond acceptors (Lipinski definition) is 6. The molecule has 138 valence electrons. The van der Waals surface area contributed by atoms with Gasteiger partial charge in [-0.25, -0.2) is 18.0 Å². The summed E-state index contributed by atoms with van der Waals surface area (Å²) in [6.07, 6.45) is -1.03. The zero-order valence-electron chi connectivity index (χ0n) is 14.0. The van der Waals surface area contributed by atoms with Crippen LogP contribution in [0.3, 0.4) is 0 Å². The Hall–Kier alpha value is -2.13. The SMILES string of the molecule is COC(C(=O)O)[C@@H]1C[C@@H](S(C)(=O)=O)CN1C(=O)OCc1ccccc1. The molecule has 1 saturated heterocycles. The first-order valence-corrected chi connectivity index (χ1v) is 9.61. The number of rotatable bonds is 6. The number of carbonyl (C=O) groups excluding carboxylic acids is 1. The molecule has 0 saturated carbocycles. The third-order valence-electron chi connectivity index (χ3n) is 4.20. The van der Waals surface area contributed by atoms with Crippen LogP contribution in [0.15, 0.2) is 30.3 Å². The highest BCUT2D eigenvalue weighted by molar-refractivity contribution is 7.91. The summed E-state index contributed by atoms with van der Waals surface area (Å²) in [7, 11) is -2.23. The van der Waals surface area contributed by atoms with Gasteiger partial charge in [0.1, 0.15) is 6.61 Å². The number of carboxylic acid groups (broad SMARTS) is 1. The normalized spacial score (nSPS) is 21.8. The summed E-state index contributed by atoms with van der Waals surface area (Å²) in [5.41, 5.74) is 0.771. The molecule has 1 aliphatic rings. The Morgan fingerprint density at radius 3 is 2.48 bits per heavy atom. The van der Waals surface area contributed by atoms with Crippen LogP contribution in [-0.2, 0) is 30.7 Å². The van der Waals surface area contributed by atoms with Gasteiger partial charge in [-0.15, -0.1) is 0 Å². The van der Waals surface area contributed by atoms with Crippen LogP contribution < -0.4 is 0 Å². The van der Waals surface area contributed by atoms with Crippen molar-refractivity contribution in [3.63, 3.8) is 0 Å². The second-order valence-corrected chi connectivity index (χ2v) is 8.27. The van der Waals surface area contributed by atoms with Gasteiger partial charge in [-0.3, -0.25) is 0 Å². The van der Waals surface area contributed by atoms with E-state index in [0.29, 0.717) is 0 Å². The molecule has 25 heavy (non-hydrogen) atoms. The topological polar surface area (TPSA) is 110 Å². The molecule has 1 amide bonds. The Bertz CT molecular complexity index is 719. The maximum Gasteiger partial charge on any atom is 0.410 e. The van der Waals surface area contributed by atoms with Gasteiger partial charge >= 0.3 is 12.1 Å². The van der Waals surface area contributed by atoms with E-state index in [2.05, 4.69) is 0 Å². The Kier molecular flexibility index (Phi) is 6.02. The Morgan fingerprint density at radius 2 is 1.96 bits per heavy atom. The zero-order chi connectivity index (χ0) is 18.6. The van der Waals surface area contributed by atoms with E-state index in [0.717, 1.165) is 16.7 Å². The van der Waals surface area contributed by atoms with Gasteiger partial charge in [-0.05, 0) is 12.0 Å². The lowest BCUT2D eigenvalue weighted by Gasteiger charge is -2.27. The molecule has 1 fully saturated rings. The summed E-state index contributed by atoms with van der Waals surface area (Å²) in [5.74, 6) is -1.26. The summed E-state index contributed by atoms with van der Waals surface area (Å²) in [6.45, 7) is -0.110. The number of amides is 1. The van der Waals surface area contributed by atoms with Crippen LogP contribution in [0.1, 0.15) is 12.0 Å². The van der Waals surface area contributed by atoms with E-state index in [4.69, 9.17) is 9.47 Å². The van der Waals surface area contributed by atoms with Crippen LogP contribution in [0.25, 0.3) is 0 Å². The molecule has 3 atom stereocenters. The number of carboxylic acids is 1. The van der Waals surface area contributed by atoms with Crippen molar-refractivity contribution in [3.8, 4) is 0 Å². The quantitative estimate of drug-likeness (QED) is 0.791. The van der Waals surface area contributed by atoms with Crippen LogP contribution >= 0.6 is 0 Å². The average Bonchev–Trinajstić information content (AvgIpc) is 2.99. The predicted octanol–water partition coefficient (Wildman–Crippen LogP) is 0.910. The minimum absolute atomic E-state index is 0.00984. The van der Waals surface area contributed by atoms with Crippen molar-refractivity contribution in [2.75, 3.05) is 19.9 Å². The molecule has 1 aromatic rings. The third kappa shape index (κ3) is 4.70. The molecule has 9 heteroatoms. The second kappa shape index (κ2) is 7.83. The van der Waals surface area contributed by atoms with Crippen molar-refractivity contribution >= 4 is 21.9 Å². The van der Waals surface area contributed by atoms with Gasteiger partial charge in [0.05, 0.1) is 11.3 Å². The Balaban J connectivity index is 2.15. The van der Waals surface area contributed by atoms with Gasteiger partial charge in [0.25, 0.3) is 0 Å². The highest BCUT2D eigenvalue weighted by Crippen LogP contribution is 2.27. The molecule has 1 N–H and O–H groups in total. The molecule has 2 rings (SSSR count). The number of nitrogens with zero attached hydrogens (tertiary/aromatic N) is 1. The van der Waals surface area contributed by atoms with Crippen LogP contribution in [0, 0.1) is 0 Å². The molecular formula is C16H21NO7S. The van der Waals surface area contributed by atoms with Crippen LogP contribution in [-0.4, -0.2) is 67.8 Å². The summed E-state index contributed by atoms with van der Waals surface area (Å²) >= 11 is 0. The molecule has 0 bridgehead atoms. The number of aliphatic carboxylic acids is 1. The molecule has 0 aliphatic carbocycles. The number of benzene rings is 1. The lowest BCUT2D eigenvalue weighted by Crippen LogP contribution is -2.47. The van der Waals surface area contributed by atoms with E-state index in [1.165, 1.54) is 7.11 Å². The Labute approximate surface area is 146 Å². The number of sulfone groups is 1. The molecule has 1 heterocycles. The van der Waals surface area contributed by atoms with Gasteiger partial charge in [0.2, 0.25) is 0 Å². The molecule has 0 radical (unpaired) electrons. The van der Waals surface area contributed by atoms with E-state index in [1.807, 2.05) is 6.07 Å². The lowest BCUT2D eigenvalue weighted by atomic mass is 10.1. The first-order valence-electron chi connectivity index (χ1n) is 7.65. The molecule has 1 unspecified atom stereocenters. The molecule has 0 aromatic heterocycles. The second-order valence-electron chi connectivity index (χ2n) is 5.94. The van der Waals surface area contributed by atoms with E-state index in [-0.39, 0.29) is 19.6 Å². The minimum atomic E-state index is -3.43. The Morgan fingerprint density at radius 1 is 1.32 bits per heavy atom. The fraction of sp³-hybridized carbons (Fsp3) is 0.500. The molecule has 8 nitrogen and oxygen atoms in total. The van der Waals surface area contributed by atoms with E-state index >= 15 is 0 Å². The average molecular weight is 371 g/mol. The largest absolute Gasteiger partial charge is 0.479 e. The van der Waals surface area contributed by atoms with Crippen molar-refractivity contribution in [2.24, 2.45) is 0 Å². The number of ether oxygens (including phenoxy) is 2. The third-order valence-corrected chi connectivity index (χ3v) is 5.75. The maximum absolute atomic E-state index is 12.4. The number of likely N-dealkylation sites (tertiary alicyclic amines) is 1.